The minimum absolute atomic E-state index is 0. The van der Waals surface area contributed by atoms with Gasteiger partial charge in [-0.3, -0.25) is 9.59 Å². The predicted molar refractivity (Wildman–Crippen MR) is 38.7 cm³/mol. The first-order chi connectivity index (χ1) is 5.78. The van der Waals surface area contributed by atoms with Gasteiger partial charge in [-0.25, -0.2) is 0 Å². The largest absolute Gasteiger partial charge is 1.00 e. The number of aliphatic hydroxyl groups is 1. The van der Waals surface area contributed by atoms with Gasteiger partial charge in [-0.15, -0.1) is 0 Å². The first-order valence-electron chi connectivity index (χ1n) is 3.15. The molecule has 78 valence electrons. The summed E-state index contributed by atoms with van der Waals surface area (Å²) in [5, 5.41) is 35.5. The van der Waals surface area contributed by atoms with E-state index in [2.05, 4.69) is 0 Å². The van der Waals surface area contributed by atoms with Crippen LogP contribution in [0.2, 0.25) is 0 Å². The third-order valence-electron chi connectivity index (χ3n) is 1.27. The van der Waals surface area contributed by atoms with Crippen LogP contribution >= 0.6 is 0 Å². The molecule has 0 aromatic carbocycles. The van der Waals surface area contributed by atoms with E-state index in [0.717, 1.165) is 0 Å². The molecule has 0 saturated carbocycles. The van der Waals surface area contributed by atoms with Crippen molar-refractivity contribution in [3.05, 3.63) is 0 Å². The Morgan fingerprint density at radius 1 is 1.14 bits per heavy atom. The Morgan fingerprint density at radius 2 is 1.43 bits per heavy atom. The van der Waals surface area contributed by atoms with Crippen LogP contribution in [0.4, 0.5) is 0 Å². The number of rotatable bonds is 5. The maximum atomic E-state index is 10.2. The molecular formula is C6H11NaO7. The smallest absolute Gasteiger partial charge is 0.547 e. The van der Waals surface area contributed by atoms with Crippen LogP contribution in [0.15, 0.2) is 0 Å². The Kier molecular flexibility index (Phi) is 6.75. The average Bonchev–Trinajstić information content (AvgIpc) is 1.82. The molecule has 0 spiro atoms. The molecule has 0 saturated heterocycles. The normalized spacial score (nSPS) is 10.1. The van der Waals surface area contributed by atoms with Crippen LogP contribution in [0.1, 0.15) is 15.7 Å². The van der Waals surface area contributed by atoms with Crippen molar-refractivity contribution < 1.29 is 67.2 Å². The molecule has 0 amide bonds. The van der Waals surface area contributed by atoms with Crippen molar-refractivity contribution in [3.63, 3.8) is 0 Å². The summed E-state index contributed by atoms with van der Waals surface area (Å²) in [7, 11) is 0. The van der Waals surface area contributed by atoms with Gasteiger partial charge in [-0.2, -0.15) is 0 Å². The minimum Gasteiger partial charge on any atom is -0.547 e. The summed E-state index contributed by atoms with van der Waals surface area (Å²) in [6.45, 7) is 0. The van der Waals surface area contributed by atoms with Crippen molar-refractivity contribution in [1.29, 1.82) is 0 Å². The Bertz CT molecular complexity index is 241. The molecule has 0 unspecified atom stereocenters. The quantitative estimate of drug-likeness (QED) is 0.393. The van der Waals surface area contributed by atoms with Gasteiger partial charge in [0, 0.05) is 2.85 Å². The fourth-order valence-electron chi connectivity index (χ4n) is 0.707. The number of carbonyl (C=O) groups excluding carboxylic acids is 1. The second-order valence-electron chi connectivity index (χ2n) is 2.46. The van der Waals surface area contributed by atoms with E-state index in [0.29, 0.717) is 0 Å². The molecule has 3 N–H and O–H groups in total. The zero-order chi connectivity index (χ0) is 10.6. The summed E-state index contributed by atoms with van der Waals surface area (Å²) in [5.41, 5.74) is -2.85. The van der Waals surface area contributed by atoms with Crippen molar-refractivity contribution in [2.24, 2.45) is 0 Å². The number of hydrogen-bond donors (Lipinski definition) is 3. The van der Waals surface area contributed by atoms with Crippen LogP contribution in [0.5, 0.6) is 0 Å². The summed E-state index contributed by atoms with van der Waals surface area (Å²) < 4.78 is 0. The first kappa shape index (κ1) is 15.8. The number of carbonyl (C=O) groups is 3. The van der Waals surface area contributed by atoms with Crippen LogP contribution < -0.4 is 34.7 Å². The molecule has 0 aliphatic heterocycles. The molecule has 0 rings (SSSR count). The number of hydrogen-bond acceptors (Lipinski definition) is 5. The van der Waals surface area contributed by atoms with Crippen LogP contribution in [-0.2, 0) is 14.4 Å². The Balaban J connectivity index is -0.000000240. The first-order valence-corrected chi connectivity index (χ1v) is 3.15. The standard InChI is InChI=1S/C6H8O7.Na.2H2/c7-3(8)1-6(13,5(11)12)2-4(9)10;;;/h13H,1-2H2,(H,7,8)(H,9,10)(H,11,12);;2*1H/q;+1;;/p-1. The van der Waals surface area contributed by atoms with E-state index in [4.69, 9.17) is 15.3 Å². The molecule has 0 atom stereocenters. The Morgan fingerprint density at radius 3 is 1.57 bits per heavy atom. The average molecular weight is 218 g/mol. The fraction of sp³-hybridized carbons (Fsp3) is 0.500. The molecule has 7 nitrogen and oxygen atoms in total. The zero-order valence-corrected chi connectivity index (χ0v) is 9.39. The van der Waals surface area contributed by atoms with Gasteiger partial charge in [0.25, 0.3) is 0 Å². The summed E-state index contributed by atoms with van der Waals surface area (Å²) in [6, 6.07) is 0. The van der Waals surface area contributed by atoms with Gasteiger partial charge in [0.15, 0.2) is 0 Å². The van der Waals surface area contributed by atoms with Crippen molar-refractivity contribution in [2.45, 2.75) is 18.4 Å². The SMILES string of the molecule is O=C(O)CC(O)(CC(=O)O)C(=O)[O-].[HH].[HH].[Na+]. The number of carboxylic acids is 3. The topological polar surface area (TPSA) is 135 Å². The second-order valence-corrected chi connectivity index (χ2v) is 2.46. The predicted octanol–water partition coefficient (Wildman–Crippen LogP) is -5.09. The molecule has 8 heteroatoms. The zero-order valence-electron chi connectivity index (χ0n) is 7.39. The molecule has 0 aliphatic carbocycles. The van der Waals surface area contributed by atoms with Gasteiger partial charge >= 0.3 is 41.5 Å². The molecule has 0 radical (unpaired) electrons. The maximum Gasteiger partial charge on any atom is 1.00 e. The summed E-state index contributed by atoms with van der Waals surface area (Å²) in [6.07, 6.45) is -2.41. The van der Waals surface area contributed by atoms with E-state index < -0.39 is 36.4 Å². The Hall–Kier alpha value is -0.630. The van der Waals surface area contributed by atoms with Gasteiger partial charge in [0.05, 0.1) is 18.8 Å². The maximum absolute atomic E-state index is 10.2. The van der Waals surface area contributed by atoms with Gasteiger partial charge < -0.3 is 25.2 Å². The van der Waals surface area contributed by atoms with Gasteiger partial charge in [0.2, 0.25) is 0 Å². The van der Waals surface area contributed by atoms with Gasteiger partial charge in [-0.1, -0.05) is 0 Å². The summed E-state index contributed by atoms with van der Waals surface area (Å²) in [5.74, 6) is -5.35. The third kappa shape index (κ3) is 5.18. The molecule has 0 aliphatic rings. The second kappa shape index (κ2) is 5.97. The molecule has 0 bridgehead atoms. The fourth-order valence-corrected chi connectivity index (χ4v) is 0.707. The molecule has 0 aromatic rings. The van der Waals surface area contributed by atoms with E-state index >= 15 is 0 Å². The van der Waals surface area contributed by atoms with Gasteiger partial charge in [-0.05, 0) is 0 Å². The number of carboxylic acid groups (broad SMARTS) is 3. The third-order valence-corrected chi connectivity index (χ3v) is 1.27. The van der Waals surface area contributed by atoms with Crippen molar-refractivity contribution in [2.75, 3.05) is 0 Å². The van der Waals surface area contributed by atoms with Crippen LogP contribution in [-0.4, -0.2) is 38.8 Å². The van der Waals surface area contributed by atoms with Crippen molar-refractivity contribution >= 4 is 17.9 Å². The van der Waals surface area contributed by atoms with E-state index in [9.17, 15) is 19.5 Å². The molecule has 14 heavy (non-hydrogen) atoms. The molecule has 0 fully saturated rings. The molecule has 0 heterocycles. The van der Waals surface area contributed by atoms with E-state index in [-0.39, 0.29) is 32.4 Å². The van der Waals surface area contributed by atoms with E-state index in [1.54, 1.807) is 0 Å². The number of aliphatic carboxylic acids is 3. The molecule has 0 aromatic heterocycles. The van der Waals surface area contributed by atoms with Crippen LogP contribution in [0, 0.1) is 0 Å². The summed E-state index contributed by atoms with van der Waals surface area (Å²) in [4.78, 5) is 30.3. The monoisotopic (exact) mass is 218 g/mol. The molecular weight excluding hydrogens is 207 g/mol. The van der Waals surface area contributed by atoms with Gasteiger partial charge in [0.1, 0.15) is 5.60 Å². The Labute approximate surface area is 104 Å². The minimum atomic E-state index is -2.85. The van der Waals surface area contributed by atoms with Crippen LogP contribution in [0.3, 0.4) is 0 Å². The van der Waals surface area contributed by atoms with Crippen LogP contribution in [0.25, 0.3) is 0 Å². The van der Waals surface area contributed by atoms with E-state index in [1.807, 2.05) is 0 Å². The van der Waals surface area contributed by atoms with Crippen molar-refractivity contribution in [1.82, 2.24) is 0 Å². The van der Waals surface area contributed by atoms with E-state index in [1.165, 1.54) is 0 Å². The van der Waals surface area contributed by atoms with Crippen molar-refractivity contribution in [3.8, 4) is 0 Å². The summed E-state index contributed by atoms with van der Waals surface area (Å²) >= 11 is 0.